The lowest BCUT2D eigenvalue weighted by molar-refractivity contribution is -0.160. The summed E-state index contributed by atoms with van der Waals surface area (Å²) in [6, 6.07) is 17.9. The van der Waals surface area contributed by atoms with Gasteiger partial charge in [-0.3, -0.25) is 4.90 Å². The van der Waals surface area contributed by atoms with Gasteiger partial charge in [0.1, 0.15) is 0 Å². The average Bonchev–Trinajstić information content (AvgIpc) is 2.89. The van der Waals surface area contributed by atoms with Gasteiger partial charge in [-0.25, -0.2) is 4.79 Å². The Morgan fingerprint density at radius 2 is 1.63 bits per heavy atom. The van der Waals surface area contributed by atoms with E-state index in [4.69, 9.17) is 4.74 Å². The van der Waals surface area contributed by atoms with Crippen LogP contribution in [0, 0.1) is 20.8 Å². The van der Waals surface area contributed by atoms with Crippen LogP contribution in [0.4, 0.5) is 0 Å². The van der Waals surface area contributed by atoms with Crippen LogP contribution < -0.4 is 0 Å². The van der Waals surface area contributed by atoms with Crippen LogP contribution in [0.25, 0.3) is 11.1 Å². The fourth-order valence-corrected chi connectivity index (χ4v) is 6.55. The number of ether oxygens (including phenoxy) is 1. The van der Waals surface area contributed by atoms with Gasteiger partial charge in [0.25, 0.3) is 0 Å². The number of carbonyl (C=O) groups is 1. The van der Waals surface area contributed by atoms with E-state index in [1.165, 1.54) is 39.8 Å². The second-order valence-electron chi connectivity index (χ2n) is 12.2. The number of hydrogen-bond acceptors (Lipinski definition) is 3. The third-order valence-corrected chi connectivity index (χ3v) is 8.46. The molecule has 200 valence electrons. The zero-order chi connectivity index (χ0) is 27.2. The van der Waals surface area contributed by atoms with Crippen molar-refractivity contribution in [2.75, 3.05) is 6.54 Å². The number of fused-ring (bicyclic) bond motifs is 2. The summed E-state index contributed by atoms with van der Waals surface area (Å²) < 4.78 is 6.24. The number of carboxylic acids is 1. The molecule has 0 aromatic heterocycles. The van der Waals surface area contributed by atoms with Crippen LogP contribution in [0.1, 0.15) is 77.8 Å². The highest BCUT2D eigenvalue weighted by molar-refractivity contribution is 5.84. The van der Waals surface area contributed by atoms with E-state index < -0.39 is 17.7 Å². The topological polar surface area (TPSA) is 49.8 Å². The van der Waals surface area contributed by atoms with Crippen molar-refractivity contribution in [3.63, 3.8) is 0 Å². The zero-order valence-electron chi connectivity index (χ0n) is 23.7. The minimum atomic E-state index is -1.02. The van der Waals surface area contributed by atoms with Gasteiger partial charge in [0.2, 0.25) is 0 Å². The van der Waals surface area contributed by atoms with Crippen molar-refractivity contribution in [3.05, 3.63) is 93.0 Å². The molecule has 0 radical (unpaired) electrons. The molecule has 3 aromatic carbocycles. The molecule has 4 nitrogen and oxygen atoms in total. The van der Waals surface area contributed by atoms with Crippen LogP contribution in [0.2, 0.25) is 0 Å². The first-order valence-corrected chi connectivity index (χ1v) is 14.0. The maximum absolute atomic E-state index is 12.7. The third kappa shape index (κ3) is 5.17. The Kier molecular flexibility index (Phi) is 7.23. The monoisotopic (exact) mass is 511 g/mol. The van der Waals surface area contributed by atoms with Crippen molar-refractivity contribution < 1.29 is 14.6 Å². The lowest BCUT2D eigenvalue weighted by Gasteiger charge is -2.40. The Morgan fingerprint density at radius 3 is 2.29 bits per heavy atom. The van der Waals surface area contributed by atoms with E-state index in [0.29, 0.717) is 6.04 Å². The number of nitrogens with zero attached hydrogens (tertiary/aromatic N) is 1. The van der Waals surface area contributed by atoms with Gasteiger partial charge in [-0.15, -0.1) is 0 Å². The normalized spacial score (nSPS) is 18.5. The lowest BCUT2D eigenvalue weighted by Crippen LogP contribution is -2.43. The van der Waals surface area contributed by atoms with Gasteiger partial charge in [0.15, 0.2) is 6.10 Å². The molecular formula is C34H41NO3. The molecule has 3 aromatic rings. The van der Waals surface area contributed by atoms with Crippen molar-refractivity contribution in [2.24, 2.45) is 0 Å². The summed E-state index contributed by atoms with van der Waals surface area (Å²) in [6.07, 6.45) is 3.34. The molecule has 1 aliphatic carbocycles. The Balaban J connectivity index is 1.60. The molecule has 1 aliphatic heterocycles. The molecular weight excluding hydrogens is 470 g/mol. The average molecular weight is 512 g/mol. The number of aliphatic carboxylic acids is 1. The molecule has 2 aliphatic rings. The second kappa shape index (κ2) is 10.3. The van der Waals surface area contributed by atoms with E-state index in [2.05, 4.69) is 74.2 Å². The molecule has 0 saturated carbocycles. The first-order valence-electron chi connectivity index (χ1n) is 14.0. The Morgan fingerprint density at radius 1 is 0.947 bits per heavy atom. The van der Waals surface area contributed by atoms with Crippen LogP contribution in [0.5, 0.6) is 0 Å². The minimum Gasteiger partial charge on any atom is -0.479 e. The Labute approximate surface area is 227 Å². The molecule has 1 unspecified atom stereocenters. The fraction of sp³-hybridized carbons (Fsp3) is 0.441. The van der Waals surface area contributed by atoms with Crippen LogP contribution in [0.3, 0.4) is 0 Å². The minimum absolute atomic E-state index is 0.538. The summed E-state index contributed by atoms with van der Waals surface area (Å²) in [5.74, 6) is -0.936. The Bertz CT molecular complexity index is 1350. The summed E-state index contributed by atoms with van der Waals surface area (Å²) in [5, 5.41) is 10.4. The molecule has 0 amide bonds. The SMILES string of the molecule is Cc1ccc(-c2c(C)c3c(c(C)c2[C@H](OC(C)(C)C)C(=O)O)CCN(C2CCc4ccccc4C2)C3)cc1. The summed E-state index contributed by atoms with van der Waals surface area (Å²) in [7, 11) is 0. The molecule has 0 saturated heterocycles. The number of carboxylic acid groups (broad SMARTS) is 1. The van der Waals surface area contributed by atoms with Crippen molar-refractivity contribution in [2.45, 2.75) is 91.5 Å². The molecule has 1 heterocycles. The van der Waals surface area contributed by atoms with E-state index in [9.17, 15) is 9.90 Å². The lowest BCUT2D eigenvalue weighted by atomic mass is 9.79. The molecule has 0 fully saturated rings. The van der Waals surface area contributed by atoms with Gasteiger partial charge in [-0.1, -0.05) is 54.1 Å². The van der Waals surface area contributed by atoms with Gasteiger partial charge in [-0.2, -0.15) is 0 Å². The molecule has 4 heteroatoms. The van der Waals surface area contributed by atoms with E-state index in [0.717, 1.165) is 54.6 Å². The van der Waals surface area contributed by atoms with Crippen LogP contribution in [-0.2, 0) is 35.3 Å². The molecule has 5 rings (SSSR count). The van der Waals surface area contributed by atoms with E-state index in [1.54, 1.807) is 0 Å². The number of aryl methyl sites for hydroxylation is 2. The quantitative estimate of drug-likeness (QED) is 0.396. The summed E-state index contributed by atoms with van der Waals surface area (Å²) in [4.78, 5) is 15.3. The highest BCUT2D eigenvalue weighted by atomic mass is 16.5. The maximum atomic E-state index is 12.7. The smallest absolute Gasteiger partial charge is 0.337 e. The predicted octanol–water partition coefficient (Wildman–Crippen LogP) is 7.14. The maximum Gasteiger partial charge on any atom is 0.337 e. The summed E-state index contributed by atoms with van der Waals surface area (Å²) >= 11 is 0. The van der Waals surface area contributed by atoms with E-state index >= 15 is 0 Å². The highest BCUT2D eigenvalue weighted by Crippen LogP contribution is 2.43. The largest absolute Gasteiger partial charge is 0.479 e. The first kappa shape index (κ1) is 26.6. The number of benzene rings is 3. The van der Waals surface area contributed by atoms with Crippen molar-refractivity contribution >= 4 is 5.97 Å². The van der Waals surface area contributed by atoms with E-state index in [-0.39, 0.29) is 0 Å². The molecule has 2 atom stereocenters. The van der Waals surface area contributed by atoms with Gasteiger partial charge in [-0.05, 0) is 112 Å². The van der Waals surface area contributed by atoms with Crippen molar-refractivity contribution in [1.82, 2.24) is 4.90 Å². The molecule has 38 heavy (non-hydrogen) atoms. The zero-order valence-corrected chi connectivity index (χ0v) is 23.7. The van der Waals surface area contributed by atoms with Gasteiger partial charge >= 0.3 is 5.97 Å². The second-order valence-corrected chi connectivity index (χ2v) is 12.2. The van der Waals surface area contributed by atoms with Crippen LogP contribution >= 0.6 is 0 Å². The van der Waals surface area contributed by atoms with Crippen LogP contribution in [-0.4, -0.2) is 34.2 Å². The predicted molar refractivity (Wildman–Crippen MR) is 154 cm³/mol. The summed E-state index contributed by atoms with van der Waals surface area (Å²) in [5.41, 5.74) is 11.4. The Hall–Kier alpha value is -2.95. The van der Waals surface area contributed by atoms with Crippen molar-refractivity contribution in [3.8, 4) is 11.1 Å². The summed E-state index contributed by atoms with van der Waals surface area (Å²) in [6.45, 7) is 14.1. The number of hydrogen-bond donors (Lipinski definition) is 1. The highest BCUT2D eigenvalue weighted by Gasteiger charge is 2.36. The number of rotatable bonds is 5. The first-order chi connectivity index (χ1) is 18.0. The van der Waals surface area contributed by atoms with Gasteiger partial charge in [0.05, 0.1) is 5.60 Å². The fourth-order valence-electron chi connectivity index (χ4n) is 6.55. The third-order valence-electron chi connectivity index (χ3n) is 8.46. The standard InChI is InChI=1S/C34H41NO3/c1-21-11-13-25(14-12-21)30-23(3)29-20-35(27-16-15-24-9-7-8-10-26(24)19-27)18-17-28(29)22(2)31(30)32(33(36)37)38-34(4,5)6/h7-14,27,32H,15-20H2,1-6H3,(H,36,37)/t27?,32-/m0/s1. The molecule has 0 spiro atoms. The van der Waals surface area contributed by atoms with Gasteiger partial charge in [0, 0.05) is 24.7 Å². The van der Waals surface area contributed by atoms with Crippen molar-refractivity contribution in [1.29, 1.82) is 0 Å². The molecule has 1 N–H and O–H groups in total. The van der Waals surface area contributed by atoms with Gasteiger partial charge < -0.3 is 9.84 Å². The molecule has 0 bridgehead atoms. The van der Waals surface area contributed by atoms with Crippen LogP contribution in [0.15, 0.2) is 48.5 Å². The van der Waals surface area contributed by atoms with E-state index in [1.807, 2.05) is 20.8 Å².